The predicted octanol–water partition coefficient (Wildman–Crippen LogP) is 1.54. The van der Waals surface area contributed by atoms with Crippen molar-refractivity contribution in [1.82, 2.24) is 10.2 Å². The SMILES string of the molecule is CC(C)COC(=O)NC1CCN(C(=O)C2CCCO2)CC1. The van der Waals surface area contributed by atoms with Crippen molar-refractivity contribution in [2.45, 2.75) is 51.7 Å². The first kappa shape index (κ1) is 16.1. The first-order chi connectivity index (χ1) is 10.1. The minimum absolute atomic E-state index is 0.0956. The third-order valence-electron chi connectivity index (χ3n) is 3.88. The predicted molar refractivity (Wildman–Crippen MR) is 77.9 cm³/mol. The van der Waals surface area contributed by atoms with Crippen molar-refractivity contribution in [1.29, 1.82) is 0 Å². The molecule has 2 saturated heterocycles. The van der Waals surface area contributed by atoms with Crippen LogP contribution in [0.4, 0.5) is 4.79 Å². The summed E-state index contributed by atoms with van der Waals surface area (Å²) in [4.78, 5) is 25.7. The van der Waals surface area contributed by atoms with Gasteiger partial charge in [-0.05, 0) is 31.6 Å². The van der Waals surface area contributed by atoms with E-state index in [9.17, 15) is 9.59 Å². The van der Waals surface area contributed by atoms with Gasteiger partial charge in [-0.3, -0.25) is 4.79 Å². The highest BCUT2D eigenvalue weighted by Gasteiger charge is 2.31. The summed E-state index contributed by atoms with van der Waals surface area (Å²) < 4.78 is 10.5. The molecule has 1 N–H and O–H groups in total. The minimum Gasteiger partial charge on any atom is -0.449 e. The van der Waals surface area contributed by atoms with E-state index in [-0.39, 0.29) is 24.1 Å². The van der Waals surface area contributed by atoms with Gasteiger partial charge in [0.2, 0.25) is 0 Å². The summed E-state index contributed by atoms with van der Waals surface area (Å²) in [5, 5.41) is 2.87. The number of piperidine rings is 1. The molecule has 0 aliphatic carbocycles. The van der Waals surface area contributed by atoms with E-state index in [1.165, 1.54) is 0 Å². The van der Waals surface area contributed by atoms with Crippen LogP contribution in [0.1, 0.15) is 39.5 Å². The number of nitrogens with one attached hydrogen (secondary N) is 1. The van der Waals surface area contributed by atoms with Crippen molar-refractivity contribution in [3.05, 3.63) is 0 Å². The second-order valence-corrected chi connectivity index (χ2v) is 6.24. The maximum Gasteiger partial charge on any atom is 0.407 e. The van der Waals surface area contributed by atoms with Gasteiger partial charge in [0.1, 0.15) is 6.10 Å². The van der Waals surface area contributed by atoms with Crippen LogP contribution in [0.15, 0.2) is 0 Å². The molecule has 1 unspecified atom stereocenters. The lowest BCUT2D eigenvalue weighted by Gasteiger charge is -2.33. The Kier molecular flexibility index (Phi) is 5.85. The van der Waals surface area contributed by atoms with Crippen molar-refractivity contribution in [3.8, 4) is 0 Å². The molecular weight excluding hydrogens is 272 g/mol. The minimum atomic E-state index is -0.354. The molecule has 2 rings (SSSR count). The van der Waals surface area contributed by atoms with Crippen LogP contribution in [0.2, 0.25) is 0 Å². The number of hydrogen-bond acceptors (Lipinski definition) is 4. The largest absolute Gasteiger partial charge is 0.449 e. The van der Waals surface area contributed by atoms with Crippen molar-refractivity contribution in [3.63, 3.8) is 0 Å². The Labute approximate surface area is 126 Å². The molecule has 2 fully saturated rings. The molecular formula is C15H26N2O4. The molecule has 0 radical (unpaired) electrons. The molecule has 0 aromatic rings. The van der Waals surface area contributed by atoms with Gasteiger partial charge in [-0.2, -0.15) is 0 Å². The number of rotatable bonds is 4. The summed E-state index contributed by atoms with van der Waals surface area (Å²) in [5.41, 5.74) is 0. The van der Waals surface area contributed by atoms with E-state index in [0.717, 1.165) is 25.7 Å². The van der Waals surface area contributed by atoms with Gasteiger partial charge in [-0.25, -0.2) is 4.79 Å². The average molecular weight is 298 g/mol. The number of carbonyl (C=O) groups is 2. The van der Waals surface area contributed by atoms with Gasteiger partial charge in [0, 0.05) is 25.7 Å². The van der Waals surface area contributed by atoms with Gasteiger partial charge in [0.15, 0.2) is 0 Å². The molecule has 0 saturated carbocycles. The van der Waals surface area contributed by atoms with E-state index >= 15 is 0 Å². The van der Waals surface area contributed by atoms with Gasteiger partial charge in [0.05, 0.1) is 6.61 Å². The van der Waals surface area contributed by atoms with Gasteiger partial charge in [-0.1, -0.05) is 13.8 Å². The van der Waals surface area contributed by atoms with Gasteiger partial charge < -0.3 is 19.7 Å². The van der Waals surface area contributed by atoms with E-state index in [2.05, 4.69) is 5.32 Å². The van der Waals surface area contributed by atoms with Crippen LogP contribution >= 0.6 is 0 Å². The Morgan fingerprint density at radius 2 is 2.00 bits per heavy atom. The number of likely N-dealkylation sites (tertiary alicyclic amines) is 1. The molecule has 0 aromatic heterocycles. The van der Waals surface area contributed by atoms with Crippen LogP contribution in [0.3, 0.4) is 0 Å². The molecule has 0 spiro atoms. The zero-order valence-electron chi connectivity index (χ0n) is 13.0. The topological polar surface area (TPSA) is 67.9 Å². The molecule has 0 aromatic carbocycles. The van der Waals surface area contributed by atoms with Crippen LogP contribution < -0.4 is 5.32 Å². The van der Waals surface area contributed by atoms with E-state index in [4.69, 9.17) is 9.47 Å². The molecule has 2 aliphatic heterocycles. The van der Waals surface area contributed by atoms with Crippen molar-refractivity contribution in [2.75, 3.05) is 26.3 Å². The quantitative estimate of drug-likeness (QED) is 0.855. The molecule has 120 valence electrons. The van der Waals surface area contributed by atoms with Gasteiger partial charge in [0.25, 0.3) is 5.91 Å². The Morgan fingerprint density at radius 3 is 2.57 bits per heavy atom. The maximum absolute atomic E-state index is 12.2. The Morgan fingerprint density at radius 1 is 1.29 bits per heavy atom. The molecule has 1 atom stereocenters. The second kappa shape index (κ2) is 7.64. The van der Waals surface area contributed by atoms with Crippen molar-refractivity contribution in [2.24, 2.45) is 5.92 Å². The molecule has 2 amide bonds. The standard InChI is InChI=1S/C15H26N2O4/c1-11(2)10-21-15(19)16-12-5-7-17(8-6-12)14(18)13-4-3-9-20-13/h11-13H,3-10H2,1-2H3,(H,16,19). The molecule has 6 heteroatoms. The van der Waals surface area contributed by atoms with Crippen LogP contribution in [0.25, 0.3) is 0 Å². The van der Waals surface area contributed by atoms with Crippen LogP contribution in [-0.2, 0) is 14.3 Å². The normalized spacial score (nSPS) is 23.4. The fourth-order valence-electron chi connectivity index (χ4n) is 2.67. The summed E-state index contributed by atoms with van der Waals surface area (Å²) in [5.74, 6) is 0.440. The summed E-state index contributed by atoms with van der Waals surface area (Å²) in [6.45, 7) is 6.48. The maximum atomic E-state index is 12.2. The monoisotopic (exact) mass is 298 g/mol. The average Bonchev–Trinajstić information content (AvgIpc) is 2.99. The lowest BCUT2D eigenvalue weighted by Crippen LogP contribution is -2.49. The second-order valence-electron chi connectivity index (χ2n) is 6.24. The van der Waals surface area contributed by atoms with Gasteiger partial charge in [-0.15, -0.1) is 0 Å². The Hall–Kier alpha value is -1.30. The summed E-state index contributed by atoms with van der Waals surface area (Å²) >= 11 is 0. The lowest BCUT2D eigenvalue weighted by atomic mass is 10.0. The van der Waals surface area contributed by atoms with Crippen molar-refractivity contribution < 1.29 is 19.1 Å². The number of amides is 2. The summed E-state index contributed by atoms with van der Waals surface area (Å²) in [6, 6.07) is 0.0956. The molecule has 21 heavy (non-hydrogen) atoms. The van der Waals surface area contributed by atoms with E-state index in [1.807, 2.05) is 18.7 Å². The smallest absolute Gasteiger partial charge is 0.407 e. The zero-order valence-corrected chi connectivity index (χ0v) is 13.0. The summed E-state index contributed by atoms with van der Waals surface area (Å²) in [6.07, 6.45) is 2.75. The van der Waals surface area contributed by atoms with Crippen LogP contribution in [0, 0.1) is 5.92 Å². The number of alkyl carbamates (subject to hydrolysis) is 1. The van der Waals surface area contributed by atoms with E-state index < -0.39 is 0 Å². The Bertz CT molecular complexity index is 359. The zero-order chi connectivity index (χ0) is 15.2. The first-order valence-electron chi connectivity index (χ1n) is 7.90. The highest BCUT2D eigenvalue weighted by molar-refractivity contribution is 5.81. The van der Waals surface area contributed by atoms with Crippen LogP contribution in [0.5, 0.6) is 0 Å². The number of ether oxygens (including phenoxy) is 2. The number of carbonyl (C=O) groups excluding carboxylic acids is 2. The third-order valence-corrected chi connectivity index (χ3v) is 3.88. The number of hydrogen-bond donors (Lipinski definition) is 1. The highest BCUT2D eigenvalue weighted by atomic mass is 16.5. The van der Waals surface area contributed by atoms with Crippen LogP contribution in [-0.4, -0.2) is 55.3 Å². The molecule has 0 bridgehead atoms. The van der Waals surface area contributed by atoms with Gasteiger partial charge >= 0.3 is 6.09 Å². The highest BCUT2D eigenvalue weighted by Crippen LogP contribution is 2.18. The van der Waals surface area contributed by atoms with E-state index in [0.29, 0.717) is 32.2 Å². The van der Waals surface area contributed by atoms with E-state index in [1.54, 1.807) is 0 Å². The molecule has 6 nitrogen and oxygen atoms in total. The first-order valence-corrected chi connectivity index (χ1v) is 7.90. The lowest BCUT2D eigenvalue weighted by molar-refractivity contribution is -0.142. The fourth-order valence-corrected chi connectivity index (χ4v) is 2.67. The Balaban J connectivity index is 1.68. The van der Waals surface area contributed by atoms with Crippen molar-refractivity contribution >= 4 is 12.0 Å². The molecule has 2 aliphatic rings. The molecule has 2 heterocycles. The summed E-state index contributed by atoms with van der Waals surface area (Å²) in [7, 11) is 0. The fraction of sp³-hybridized carbons (Fsp3) is 0.867. The number of nitrogens with zero attached hydrogens (tertiary/aromatic N) is 1. The third kappa shape index (κ3) is 4.88.